The van der Waals surface area contributed by atoms with Gasteiger partial charge in [0, 0.05) is 24.3 Å². The molecule has 1 aliphatic rings. The minimum absolute atomic E-state index is 0.00729. The number of hydrogen-bond donors (Lipinski definition) is 2. The van der Waals surface area contributed by atoms with E-state index in [-0.39, 0.29) is 11.3 Å². The van der Waals surface area contributed by atoms with E-state index in [1.165, 1.54) is 0 Å². The van der Waals surface area contributed by atoms with Gasteiger partial charge in [-0.3, -0.25) is 0 Å². The van der Waals surface area contributed by atoms with Gasteiger partial charge < -0.3 is 19.6 Å². The first-order valence-electron chi connectivity index (χ1n) is 5.65. The third-order valence-corrected chi connectivity index (χ3v) is 3.16. The van der Waals surface area contributed by atoms with Gasteiger partial charge in [-0.2, -0.15) is 0 Å². The number of hydrogen-bond acceptors (Lipinski definition) is 4. The van der Waals surface area contributed by atoms with Crippen molar-refractivity contribution in [3.8, 4) is 0 Å². The van der Waals surface area contributed by atoms with Crippen molar-refractivity contribution in [3.63, 3.8) is 0 Å². The van der Waals surface area contributed by atoms with Gasteiger partial charge in [0.15, 0.2) is 0 Å². The zero-order valence-corrected chi connectivity index (χ0v) is 10.1. The van der Waals surface area contributed by atoms with Crippen molar-refractivity contribution in [3.05, 3.63) is 23.2 Å². The van der Waals surface area contributed by atoms with Gasteiger partial charge in [-0.05, 0) is 26.3 Å². The van der Waals surface area contributed by atoms with Crippen LogP contribution >= 0.6 is 0 Å². The van der Waals surface area contributed by atoms with Crippen molar-refractivity contribution in [2.75, 3.05) is 13.2 Å². The molecule has 1 aromatic rings. The molecule has 1 atom stereocenters. The maximum Gasteiger partial charge on any atom is 0.371 e. The zero-order chi connectivity index (χ0) is 12.5. The average molecular weight is 239 g/mol. The SMILES string of the molecule is Cc1oc(C(=O)O)cc1CNC1(C)CCOC1. The minimum Gasteiger partial charge on any atom is -0.475 e. The summed E-state index contributed by atoms with van der Waals surface area (Å²) in [6.07, 6.45) is 0.968. The van der Waals surface area contributed by atoms with Crippen LogP contribution in [0.2, 0.25) is 0 Å². The van der Waals surface area contributed by atoms with E-state index in [0.29, 0.717) is 18.9 Å². The molecule has 5 nitrogen and oxygen atoms in total. The summed E-state index contributed by atoms with van der Waals surface area (Å²) in [5.41, 5.74) is 0.864. The standard InChI is InChI=1S/C12H17NO4/c1-8-9(5-10(17-8)11(14)15)6-13-12(2)3-4-16-7-12/h5,13H,3-4,6-7H2,1-2H3,(H,14,15). The van der Waals surface area contributed by atoms with Gasteiger partial charge in [0.2, 0.25) is 5.76 Å². The zero-order valence-electron chi connectivity index (χ0n) is 10.1. The van der Waals surface area contributed by atoms with E-state index >= 15 is 0 Å². The van der Waals surface area contributed by atoms with Crippen LogP contribution in [0.25, 0.3) is 0 Å². The van der Waals surface area contributed by atoms with Crippen LogP contribution in [0, 0.1) is 6.92 Å². The van der Waals surface area contributed by atoms with Crippen LogP contribution in [-0.2, 0) is 11.3 Å². The van der Waals surface area contributed by atoms with Crippen molar-refractivity contribution in [2.24, 2.45) is 0 Å². The fraction of sp³-hybridized carbons (Fsp3) is 0.583. The van der Waals surface area contributed by atoms with E-state index in [4.69, 9.17) is 14.3 Å². The van der Waals surface area contributed by atoms with Gasteiger partial charge in [-0.15, -0.1) is 0 Å². The van der Waals surface area contributed by atoms with Gasteiger partial charge >= 0.3 is 5.97 Å². The number of ether oxygens (including phenoxy) is 1. The fourth-order valence-electron chi connectivity index (χ4n) is 1.92. The van der Waals surface area contributed by atoms with Gasteiger partial charge in [0.1, 0.15) is 5.76 Å². The number of carbonyl (C=O) groups is 1. The normalized spacial score (nSPS) is 24.1. The second-order valence-corrected chi connectivity index (χ2v) is 4.71. The molecule has 1 fully saturated rings. The second-order valence-electron chi connectivity index (χ2n) is 4.71. The van der Waals surface area contributed by atoms with Gasteiger partial charge in [0.25, 0.3) is 0 Å². The Bertz CT molecular complexity index is 418. The molecule has 0 spiro atoms. The largest absolute Gasteiger partial charge is 0.475 e. The molecule has 94 valence electrons. The monoisotopic (exact) mass is 239 g/mol. The highest BCUT2D eigenvalue weighted by molar-refractivity contribution is 5.84. The summed E-state index contributed by atoms with van der Waals surface area (Å²) in [7, 11) is 0. The molecule has 1 aromatic heterocycles. The lowest BCUT2D eigenvalue weighted by molar-refractivity contribution is 0.0661. The first-order chi connectivity index (χ1) is 8.00. The molecule has 2 N–H and O–H groups in total. The van der Waals surface area contributed by atoms with Crippen LogP contribution in [0.5, 0.6) is 0 Å². The quantitative estimate of drug-likeness (QED) is 0.834. The Labute approximate surface area is 99.8 Å². The molecule has 0 bridgehead atoms. The van der Waals surface area contributed by atoms with Crippen LogP contribution in [0.4, 0.5) is 0 Å². The predicted molar refractivity (Wildman–Crippen MR) is 61.1 cm³/mol. The molecule has 1 saturated heterocycles. The summed E-state index contributed by atoms with van der Waals surface area (Å²) in [4.78, 5) is 10.8. The van der Waals surface area contributed by atoms with E-state index in [1.54, 1.807) is 13.0 Å². The lowest BCUT2D eigenvalue weighted by Crippen LogP contribution is -2.42. The number of carboxylic acids is 1. The molecule has 0 saturated carbocycles. The summed E-state index contributed by atoms with van der Waals surface area (Å²) in [6.45, 7) is 5.94. The maximum atomic E-state index is 10.8. The molecule has 2 heterocycles. The number of furan rings is 1. The van der Waals surface area contributed by atoms with Crippen molar-refractivity contribution < 1.29 is 19.1 Å². The van der Waals surface area contributed by atoms with E-state index in [1.807, 2.05) is 0 Å². The van der Waals surface area contributed by atoms with E-state index < -0.39 is 5.97 Å². The Hall–Kier alpha value is -1.33. The van der Waals surface area contributed by atoms with Crippen molar-refractivity contribution >= 4 is 5.97 Å². The second kappa shape index (κ2) is 4.50. The molecule has 0 aliphatic carbocycles. The van der Waals surface area contributed by atoms with E-state index in [0.717, 1.165) is 18.6 Å². The van der Waals surface area contributed by atoms with Crippen LogP contribution < -0.4 is 5.32 Å². The molecule has 0 radical (unpaired) electrons. The number of aryl methyl sites for hydroxylation is 1. The number of nitrogens with one attached hydrogen (secondary N) is 1. The Morgan fingerprint density at radius 1 is 1.65 bits per heavy atom. The Morgan fingerprint density at radius 2 is 2.41 bits per heavy atom. The number of rotatable bonds is 4. The molecule has 0 amide bonds. The highest BCUT2D eigenvalue weighted by Crippen LogP contribution is 2.20. The highest BCUT2D eigenvalue weighted by Gasteiger charge is 2.29. The lowest BCUT2D eigenvalue weighted by atomic mass is 10.0. The topological polar surface area (TPSA) is 71.7 Å². The van der Waals surface area contributed by atoms with Crippen molar-refractivity contribution in [2.45, 2.75) is 32.4 Å². The lowest BCUT2D eigenvalue weighted by Gasteiger charge is -2.23. The molecule has 5 heteroatoms. The molecular formula is C12H17NO4. The minimum atomic E-state index is -1.03. The Morgan fingerprint density at radius 3 is 2.94 bits per heavy atom. The molecule has 1 unspecified atom stereocenters. The van der Waals surface area contributed by atoms with Crippen LogP contribution in [-0.4, -0.2) is 29.8 Å². The molecule has 17 heavy (non-hydrogen) atoms. The average Bonchev–Trinajstić information content (AvgIpc) is 2.83. The summed E-state index contributed by atoms with van der Waals surface area (Å²) in [5, 5.41) is 12.2. The first kappa shape index (κ1) is 12.1. The van der Waals surface area contributed by atoms with E-state index in [2.05, 4.69) is 12.2 Å². The third-order valence-electron chi connectivity index (χ3n) is 3.16. The van der Waals surface area contributed by atoms with E-state index in [9.17, 15) is 4.79 Å². The fourth-order valence-corrected chi connectivity index (χ4v) is 1.92. The smallest absolute Gasteiger partial charge is 0.371 e. The molecule has 1 aliphatic heterocycles. The number of carboxylic acid groups (broad SMARTS) is 1. The predicted octanol–water partition coefficient (Wildman–Crippen LogP) is 1.55. The number of aromatic carboxylic acids is 1. The third kappa shape index (κ3) is 2.68. The summed E-state index contributed by atoms with van der Waals surface area (Å²) < 4.78 is 10.5. The molecule has 2 rings (SSSR count). The summed E-state index contributed by atoms with van der Waals surface area (Å²) in [6, 6.07) is 1.57. The summed E-state index contributed by atoms with van der Waals surface area (Å²) >= 11 is 0. The summed E-state index contributed by atoms with van der Waals surface area (Å²) in [5.74, 6) is -0.390. The van der Waals surface area contributed by atoms with Crippen LogP contribution in [0.3, 0.4) is 0 Å². The van der Waals surface area contributed by atoms with Crippen molar-refractivity contribution in [1.29, 1.82) is 0 Å². The first-order valence-corrected chi connectivity index (χ1v) is 5.65. The maximum absolute atomic E-state index is 10.8. The van der Waals surface area contributed by atoms with Crippen LogP contribution in [0.15, 0.2) is 10.5 Å². The highest BCUT2D eigenvalue weighted by atomic mass is 16.5. The van der Waals surface area contributed by atoms with Gasteiger partial charge in [-0.25, -0.2) is 4.79 Å². The van der Waals surface area contributed by atoms with Crippen molar-refractivity contribution in [1.82, 2.24) is 5.32 Å². The van der Waals surface area contributed by atoms with Crippen LogP contribution in [0.1, 0.15) is 35.2 Å². The Kier molecular flexibility index (Phi) is 3.22. The Balaban J connectivity index is 2.01. The molecular weight excluding hydrogens is 222 g/mol. The molecule has 0 aromatic carbocycles. The van der Waals surface area contributed by atoms with Gasteiger partial charge in [-0.1, -0.05) is 0 Å². The van der Waals surface area contributed by atoms with Gasteiger partial charge in [0.05, 0.1) is 6.61 Å².